The van der Waals surface area contributed by atoms with Crippen molar-refractivity contribution in [2.75, 3.05) is 0 Å². The van der Waals surface area contributed by atoms with E-state index in [1.165, 1.54) is 0 Å². The van der Waals surface area contributed by atoms with Gasteiger partial charge in [0.25, 0.3) is 0 Å². The molecule has 1 aromatic rings. The van der Waals surface area contributed by atoms with Crippen LogP contribution in [0.15, 0.2) is 18.2 Å². The summed E-state index contributed by atoms with van der Waals surface area (Å²) in [4.78, 5) is 0. The minimum atomic E-state index is 0.123. The van der Waals surface area contributed by atoms with Crippen LogP contribution in [0.25, 0.3) is 0 Å². The van der Waals surface area contributed by atoms with Gasteiger partial charge in [0.05, 0.1) is 5.02 Å². The zero-order valence-electron chi connectivity index (χ0n) is 9.20. The van der Waals surface area contributed by atoms with Crippen LogP contribution in [0.3, 0.4) is 0 Å². The van der Waals surface area contributed by atoms with Gasteiger partial charge in [-0.25, -0.2) is 0 Å². The molecule has 0 aliphatic rings. The number of hydrogen-bond acceptors (Lipinski definition) is 2. The fourth-order valence-electron chi connectivity index (χ4n) is 1.67. The highest BCUT2D eigenvalue weighted by Gasteiger charge is 2.08. The number of benzene rings is 1. The Labute approximate surface area is 96.1 Å². The van der Waals surface area contributed by atoms with E-state index in [1.807, 2.05) is 6.07 Å². The third kappa shape index (κ3) is 4.10. The van der Waals surface area contributed by atoms with E-state index in [2.05, 4.69) is 13.8 Å². The van der Waals surface area contributed by atoms with Crippen molar-refractivity contribution in [1.82, 2.24) is 0 Å². The first-order valence-electron chi connectivity index (χ1n) is 5.22. The molecule has 0 radical (unpaired) electrons. The lowest BCUT2D eigenvalue weighted by molar-refractivity contribution is 0.474. The van der Waals surface area contributed by atoms with Gasteiger partial charge in [-0.3, -0.25) is 0 Å². The molecular formula is C12H18ClNO. The van der Waals surface area contributed by atoms with Gasteiger partial charge < -0.3 is 10.8 Å². The molecule has 0 amide bonds. The lowest BCUT2D eigenvalue weighted by Crippen LogP contribution is -2.24. The molecule has 0 heterocycles. The Morgan fingerprint density at radius 1 is 1.40 bits per heavy atom. The van der Waals surface area contributed by atoms with Gasteiger partial charge in [0.1, 0.15) is 5.75 Å². The second-order valence-electron chi connectivity index (χ2n) is 4.38. The number of rotatable bonds is 4. The Hall–Kier alpha value is -0.730. The Bertz CT molecular complexity index is 325. The largest absolute Gasteiger partial charge is 0.506 e. The van der Waals surface area contributed by atoms with Crippen LogP contribution in [-0.2, 0) is 6.42 Å². The SMILES string of the molecule is CC(C)CC(N)Cc1ccc(O)c(Cl)c1. The number of phenolic OH excluding ortho intramolecular Hbond substituents is 1. The maximum Gasteiger partial charge on any atom is 0.134 e. The monoisotopic (exact) mass is 227 g/mol. The van der Waals surface area contributed by atoms with E-state index in [4.69, 9.17) is 17.3 Å². The summed E-state index contributed by atoms with van der Waals surface area (Å²) in [6, 6.07) is 5.41. The predicted molar refractivity (Wildman–Crippen MR) is 64.3 cm³/mol. The summed E-state index contributed by atoms with van der Waals surface area (Å²) in [6.45, 7) is 4.31. The summed E-state index contributed by atoms with van der Waals surface area (Å²) in [6.07, 6.45) is 1.80. The van der Waals surface area contributed by atoms with Crippen molar-refractivity contribution in [2.24, 2.45) is 11.7 Å². The summed E-state index contributed by atoms with van der Waals surface area (Å²) in [7, 11) is 0. The van der Waals surface area contributed by atoms with Crippen molar-refractivity contribution in [3.63, 3.8) is 0 Å². The predicted octanol–water partition coefficient (Wildman–Crippen LogP) is 2.96. The van der Waals surface area contributed by atoms with E-state index in [9.17, 15) is 5.11 Å². The molecule has 0 aromatic heterocycles. The molecule has 1 atom stereocenters. The summed E-state index contributed by atoms with van der Waals surface area (Å²) in [5.74, 6) is 0.727. The average Bonchev–Trinajstić information content (AvgIpc) is 2.10. The fourth-order valence-corrected chi connectivity index (χ4v) is 1.87. The molecule has 1 unspecified atom stereocenters. The molecule has 3 heteroatoms. The molecule has 0 fully saturated rings. The Balaban J connectivity index is 2.60. The maximum atomic E-state index is 9.26. The molecule has 0 aliphatic heterocycles. The number of halogens is 1. The van der Waals surface area contributed by atoms with Crippen LogP contribution in [0.1, 0.15) is 25.8 Å². The highest BCUT2D eigenvalue weighted by molar-refractivity contribution is 6.32. The minimum absolute atomic E-state index is 0.123. The van der Waals surface area contributed by atoms with Crippen molar-refractivity contribution in [3.05, 3.63) is 28.8 Å². The summed E-state index contributed by atoms with van der Waals surface area (Å²) >= 11 is 5.81. The van der Waals surface area contributed by atoms with Crippen molar-refractivity contribution >= 4 is 11.6 Å². The van der Waals surface area contributed by atoms with Gasteiger partial charge in [0.15, 0.2) is 0 Å². The van der Waals surface area contributed by atoms with Gasteiger partial charge >= 0.3 is 0 Å². The van der Waals surface area contributed by atoms with Crippen molar-refractivity contribution in [1.29, 1.82) is 0 Å². The molecule has 3 N–H and O–H groups in total. The molecule has 1 aromatic carbocycles. The summed E-state index contributed by atoms with van der Waals surface area (Å²) in [5, 5.41) is 9.65. The lowest BCUT2D eigenvalue weighted by atomic mass is 9.98. The van der Waals surface area contributed by atoms with Gasteiger partial charge in [0.2, 0.25) is 0 Å². The smallest absolute Gasteiger partial charge is 0.134 e. The first kappa shape index (κ1) is 12.3. The van der Waals surface area contributed by atoms with Crippen LogP contribution in [0, 0.1) is 5.92 Å². The summed E-state index contributed by atoms with van der Waals surface area (Å²) in [5.41, 5.74) is 7.06. The zero-order chi connectivity index (χ0) is 11.4. The van der Waals surface area contributed by atoms with Crippen LogP contribution in [0.5, 0.6) is 5.75 Å². The quantitative estimate of drug-likeness (QED) is 0.831. The molecule has 0 aliphatic carbocycles. The lowest BCUT2D eigenvalue weighted by Gasteiger charge is -2.14. The maximum absolute atomic E-state index is 9.26. The molecule has 0 bridgehead atoms. The molecule has 0 saturated carbocycles. The van der Waals surface area contributed by atoms with Crippen molar-refractivity contribution in [3.8, 4) is 5.75 Å². The fraction of sp³-hybridized carbons (Fsp3) is 0.500. The van der Waals surface area contributed by atoms with E-state index >= 15 is 0 Å². The van der Waals surface area contributed by atoms with E-state index < -0.39 is 0 Å². The Morgan fingerprint density at radius 3 is 2.60 bits per heavy atom. The van der Waals surface area contributed by atoms with Crippen molar-refractivity contribution < 1.29 is 5.11 Å². The van der Waals surface area contributed by atoms with Gasteiger partial charge in [-0.2, -0.15) is 0 Å². The van der Waals surface area contributed by atoms with Crippen LogP contribution < -0.4 is 5.73 Å². The van der Waals surface area contributed by atoms with E-state index in [1.54, 1.807) is 12.1 Å². The second kappa shape index (κ2) is 5.38. The van der Waals surface area contributed by atoms with Crippen LogP contribution in [0.4, 0.5) is 0 Å². The second-order valence-corrected chi connectivity index (χ2v) is 4.79. The highest BCUT2D eigenvalue weighted by Crippen LogP contribution is 2.24. The van der Waals surface area contributed by atoms with Gasteiger partial charge in [-0.1, -0.05) is 31.5 Å². The topological polar surface area (TPSA) is 46.2 Å². The van der Waals surface area contributed by atoms with E-state index in [0.717, 1.165) is 18.4 Å². The summed E-state index contributed by atoms with van der Waals surface area (Å²) < 4.78 is 0. The average molecular weight is 228 g/mol. The molecule has 84 valence electrons. The first-order valence-corrected chi connectivity index (χ1v) is 5.59. The minimum Gasteiger partial charge on any atom is -0.506 e. The molecule has 0 saturated heterocycles. The molecule has 0 spiro atoms. The Kier molecular flexibility index (Phi) is 4.43. The van der Waals surface area contributed by atoms with Gasteiger partial charge in [-0.15, -0.1) is 0 Å². The normalized spacial score (nSPS) is 13.1. The third-order valence-corrected chi connectivity index (χ3v) is 2.59. The molecule has 15 heavy (non-hydrogen) atoms. The van der Waals surface area contributed by atoms with E-state index in [0.29, 0.717) is 10.9 Å². The molecule has 1 rings (SSSR count). The standard InChI is InChI=1S/C12H18ClNO/c1-8(2)5-10(14)6-9-3-4-12(15)11(13)7-9/h3-4,7-8,10,15H,5-6,14H2,1-2H3. The zero-order valence-corrected chi connectivity index (χ0v) is 9.96. The van der Waals surface area contributed by atoms with Gasteiger partial charge in [-0.05, 0) is 36.5 Å². The molecule has 2 nitrogen and oxygen atoms in total. The van der Waals surface area contributed by atoms with Crippen LogP contribution in [-0.4, -0.2) is 11.1 Å². The van der Waals surface area contributed by atoms with E-state index in [-0.39, 0.29) is 11.8 Å². The van der Waals surface area contributed by atoms with Gasteiger partial charge in [0, 0.05) is 6.04 Å². The highest BCUT2D eigenvalue weighted by atomic mass is 35.5. The Morgan fingerprint density at radius 2 is 2.07 bits per heavy atom. The molecular weight excluding hydrogens is 210 g/mol. The van der Waals surface area contributed by atoms with Crippen molar-refractivity contribution in [2.45, 2.75) is 32.7 Å². The first-order chi connectivity index (χ1) is 6.99. The number of phenols is 1. The third-order valence-electron chi connectivity index (χ3n) is 2.28. The number of nitrogens with two attached hydrogens (primary N) is 1. The number of aromatic hydroxyl groups is 1. The van der Waals surface area contributed by atoms with Crippen LogP contribution >= 0.6 is 11.6 Å². The van der Waals surface area contributed by atoms with Crippen LogP contribution in [0.2, 0.25) is 5.02 Å². The number of hydrogen-bond donors (Lipinski definition) is 2.